The van der Waals surface area contributed by atoms with Gasteiger partial charge in [0.1, 0.15) is 0 Å². The van der Waals surface area contributed by atoms with Crippen LogP contribution < -0.4 is 5.32 Å². The second-order valence-corrected chi connectivity index (χ2v) is 5.47. The average molecular weight is 267 g/mol. The number of hydrogen-bond donors (Lipinski definition) is 1. The Morgan fingerprint density at radius 2 is 2.28 bits per heavy atom. The molecule has 0 spiro atoms. The first-order valence-electron chi connectivity index (χ1n) is 6.14. The van der Waals surface area contributed by atoms with E-state index in [-0.39, 0.29) is 11.8 Å². The maximum absolute atomic E-state index is 11.8. The molecule has 0 atom stereocenters. The minimum Gasteiger partial charge on any atom is -0.337 e. The number of nitrogens with one attached hydrogen (secondary N) is 1. The first kappa shape index (κ1) is 13.0. The summed E-state index contributed by atoms with van der Waals surface area (Å²) in [6, 6.07) is 0. The van der Waals surface area contributed by atoms with Crippen molar-refractivity contribution in [2.24, 2.45) is 0 Å². The van der Waals surface area contributed by atoms with Crippen LogP contribution in [0.25, 0.3) is 0 Å². The van der Waals surface area contributed by atoms with E-state index in [0.29, 0.717) is 18.1 Å². The summed E-state index contributed by atoms with van der Waals surface area (Å²) in [5, 5.41) is 3.33. The molecule has 0 aliphatic carbocycles. The molecule has 6 heteroatoms. The zero-order valence-electron chi connectivity index (χ0n) is 10.7. The molecule has 5 nitrogen and oxygen atoms in total. The second-order valence-electron chi connectivity index (χ2n) is 4.39. The topological polar surface area (TPSA) is 62.3 Å². The molecule has 0 bridgehead atoms. The lowest BCUT2D eigenvalue weighted by atomic mass is 10.1. The van der Waals surface area contributed by atoms with E-state index in [0.717, 1.165) is 30.0 Å². The molecule has 1 aromatic heterocycles. The van der Waals surface area contributed by atoms with Crippen LogP contribution in [-0.4, -0.2) is 28.2 Å². The Morgan fingerprint density at radius 3 is 2.94 bits per heavy atom. The van der Waals surface area contributed by atoms with Crippen LogP contribution in [0.4, 0.5) is 5.13 Å². The number of carbonyl (C=O) groups is 2. The minimum atomic E-state index is -0.111. The van der Waals surface area contributed by atoms with Crippen LogP contribution in [0, 0.1) is 0 Å². The van der Waals surface area contributed by atoms with Crippen molar-refractivity contribution < 1.29 is 9.59 Å². The molecule has 2 rings (SSSR count). The molecule has 0 radical (unpaired) electrons. The molecule has 2 heterocycles. The number of rotatable bonds is 3. The first-order valence-corrected chi connectivity index (χ1v) is 6.95. The van der Waals surface area contributed by atoms with Crippen molar-refractivity contribution in [3.63, 3.8) is 0 Å². The summed E-state index contributed by atoms with van der Waals surface area (Å²) < 4.78 is 0. The lowest BCUT2D eigenvalue weighted by Crippen LogP contribution is -2.35. The Bertz CT molecular complexity index is 470. The van der Waals surface area contributed by atoms with Gasteiger partial charge >= 0.3 is 0 Å². The molecular weight excluding hydrogens is 250 g/mol. The van der Waals surface area contributed by atoms with Gasteiger partial charge in [-0.2, -0.15) is 0 Å². The van der Waals surface area contributed by atoms with Gasteiger partial charge in [-0.3, -0.25) is 9.59 Å². The summed E-state index contributed by atoms with van der Waals surface area (Å²) in [4.78, 5) is 30.2. The number of thiazole rings is 1. The highest BCUT2D eigenvalue weighted by Gasteiger charge is 2.23. The third-order valence-electron chi connectivity index (χ3n) is 2.83. The fraction of sp³-hybridized carbons (Fsp3) is 0.583. The maximum atomic E-state index is 11.8. The van der Waals surface area contributed by atoms with Crippen LogP contribution in [0.2, 0.25) is 0 Å². The van der Waals surface area contributed by atoms with Crippen LogP contribution >= 0.6 is 11.3 Å². The first-order chi connectivity index (χ1) is 8.60. The van der Waals surface area contributed by atoms with Crippen molar-refractivity contribution in [2.45, 2.75) is 39.7 Å². The van der Waals surface area contributed by atoms with E-state index in [4.69, 9.17) is 0 Å². The summed E-state index contributed by atoms with van der Waals surface area (Å²) >= 11 is 1.47. The molecule has 0 aromatic carbocycles. The number of anilines is 1. The number of amides is 2. The van der Waals surface area contributed by atoms with Gasteiger partial charge in [0.2, 0.25) is 11.8 Å². The van der Waals surface area contributed by atoms with Crippen molar-refractivity contribution >= 4 is 28.3 Å². The van der Waals surface area contributed by atoms with E-state index in [9.17, 15) is 9.59 Å². The molecule has 1 N–H and O–H groups in total. The average Bonchev–Trinajstić information content (AvgIpc) is 2.69. The fourth-order valence-corrected chi connectivity index (χ4v) is 3.05. The van der Waals surface area contributed by atoms with Gasteiger partial charge in [0, 0.05) is 31.2 Å². The molecular formula is C12H17N3O2S. The van der Waals surface area contributed by atoms with Crippen molar-refractivity contribution in [3.05, 3.63) is 10.6 Å². The van der Waals surface area contributed by atoms with Gasteiger partial charge in [0.05, 0.1) is 12.2 Å². The lowest BCUT2D eigenvalue weighted by Gasteiger charge is -2.25. The Kier molecular flexibility index (Phi) is 3.96. The zero-order chi connectivity index (χ0) is 13.1. The summed E-state index contributed by atoms with van der Waals surface area (Å²) in [6.07, 6.45) is 2.26. The molecule has 98 valence electrons. The van der Waals surface area contributed by atoms with Gasteiger partial charge in [-0.15, -0.1) is 0 Å². The van der Waals surface area contributed by atoms with E-state index in [2.05, 4.69) is 10.3 Å². The third-order valence-corrected chi connectivity index (χ3v) is 3.83. The molecule has 18 heavy (non-hydrogen) atoms. The number of carbonyl (C=O) groups excluding carboxylic acids is 2. The van der Waals surface area contributed by atoms with E-state index in [1.807, 2.05) is 11.8 Å². The van der Waals surface area contributed by atoms with Gasteiger partial charge in [-0.25, -0.2) is 4.98 Å². The quantitative estimate of drug-likeness (QED) is 0.908. The fourth-order valence-electron chi connectivity index (χ4n) is 1.98. The van der Waals surface area contributed by atoms with Crippen molar-refractivity contribution in [1.29, 1.82) is 0 Å². The Hall–Kier alpha value is -1.43. The highest BCUT2D eigenvalue weighted by Crippen LogP contribution is 2.28. The molecule has 0 saturated carbocycles. The van der Waals surface area contributed by atoms with Gasteiger partial charge in [-0.1, -0.05) is 18.3 Å². The molecule has 1 aliphatic rings. The smallest absolute Gasteiger partial charge is 0.223 e. The van der Waals surface area contributed by atoms with E-state index < -0.39 is 0 Å². The predicted octanol–water partition coefficient (Wildman–Crippen LogP) is 1.79. The van der Waals surface area contributed by atoms with Crippen LogP contribution in [0.15, 0.2) is 0 Å². The summed E-state index contributed by atoms with van der Waals surface area (Å²) in [5.41, 5.74) is 1.02. The number of fused-ring (bicyclic) bond motifs is 1. The van der Waals surface area contributed by atoms with Gasteiger partial charge in [-0.05, 0) is 6.42 Å². The van der Waals surface area contributed by atoms with E-state index in [1.165, 1.54) is 18.3 Å². The van der Waals surface area contributed by atoms with Crippen LogP contribution in [0.5, 0.6) is 0 Å². The minimum absolute atomic E-state index is 0.111. The molecule has 2 amide bonds. The molecule has 0 unspecified atom stereocenters. The van der Waals surface area contributed by atoms with Crippen molar-refractivity contribution in [1.82, 2.24) is 9.88 Å². The lowest BCUT2D eigenvalue weighted by molar-refractivity contribution is -0.132. The van der Waals surface area contributed by atoms with Crippen molar-refractivity contribution in [2.75, 3.05) is 11.9 Å². The molecule has 0 fully saturated rings. The van der Waals surface area contributed by atoms with Crippen LogP contribution in [0.1, 0.15) is 37.3 Å². The largest absolute Gasteiger partial charge is 0.337 e. The SMILES string of the molecule is CCCC(=O)N1CCc2nc(NC(C)=O)sc2C1. The second kappa shape index (κ2) is 5.48. The molecule has 1 aliphatic heterocycles. The number of nitrogens with zero attached hydrogens (tertiary/aromatic N) is 2. The zero-order valence-corrected chi connectivity index (χ0v) is 11.5. The normalized spacial score (nSPS) is 14.2. The van der Waals surface area contributed by atoms with Crippen molar-refractivity contribution in [3.8, 4) is 0 Å². The van der Waals surface area contributed by atoms with E-state index >= 15 is 0 Å². The van der Waals surface area contributed by atoms with E-state index in [1.54, 1.807) is 0 Å². The predicted molar refractivity (Wildman–Crippen MR) is 70.4 cm³/mol. The highest BCUT2D eigenvalue weighted by molar-refractivity contribution is 7.15. The summed E-state index contributed by atoms with van der Waals surface area (Å²) in [6.45, 7) is 4.84. The van der Waals surface area contributed by atoms with Crippen LogP contribution in [0.3, 0.4) is 0 Å². The summed E-state index contributed by atoms with van der Waals surface area (Å²) in [7, 11) is 0. The standard InChI is InChI=1S/C12H17N3O2S/c1-3-4-11(17)15-6-5-9-10(7-15)18-12(14-9)13-8(2)16/h3-7H2,1-2H3,(H,13,14,16). The molecule has 1 aromatic rings. The van der Waals surface area contributed by atoms with Crippen LogP contribution in [-0.2, 0) is 22.6 Å². The Labute approximate surface area is 110 Å². The maximum Gasteiger partial charge on any atom is 0.223 e. The number of hydrogen-bond acceptors (Lipinski definition) is 4. The third kappa shape index (κ3) is 2.87. The molecule has 0 saturated heterocycles. The van der Waals surface area contributed by atoms with Gasteiger partial charge in [0.15, 0.2) is 5.13 Å². The van der Waals surface area contributed by atoms with Gasteiger partial charge in [0.25, 0.3) is 0 Å². The highest BCUT2D eigenvalue weighted by atomic mass is 32.1. The Balaban J connectivity index is 2.07. The van der Waals surface area contributed by atoms with Gasteiger partial charge < -0.3 is 10.2 Å². The number of aromatic nitrogens is 1. The Morgan fingerprint density at radius 1 is 1.50 bits per heavy atom. The summed E-state index contributed by atoms with van der Waals surface area (Å²) in [5.74, 6) is 0.0950. The monoisotopic (exact) mass is 267 g/mol.